The van der Waals surface area contributed by atoms with Gasteiger partial charge in [0.15, 0.2) is 0 Å². The van der Waals surface area contributed by atoms with Gasteiger partial charge in [-0.1, -0.05) is 20.8 Å². The Kier molecular flexibility index (Phi) is 4.32. The lowest BCUT2D eigenvalue weighted by molar-refractivity contribution is -0.132. The van der Waals surface area contributed by atoms with Crippen LogP contribution < -0.4 is 5.63 Å². The van der Waals surface area contributed by atoms with Crippen LogP contribution in [0.2, 0.25) is 0 Å². The molecule has 4 rings (SSSR count). The van der Waals surface area contributed by atoms with Gasteiger partial charge in [-0.05, 0) is 61.1 Å². The topological polar surface area (TPSA) is 70.8 Å². The number of carbonyl (C=O) groups excluding carboxylic acids is 1. The van der Waals surface area contributed by atoms with E-state index in [0.717, 1.165) is 36.8 Å². The molecule has 1 aliphatic carbocycles. The van der Waals surface area contributed by atoms with Gasteiger partial charge >= 0.3 is 5.63 Å². The lowest BCUT2D eigenvalue weighted by Crippen LogP contribution is -2.38. The summed E-state index contributed by atoms with van der Waals surface area (Å²) in [6, 6.07) is 5.10. The first-order valence-corrected chi connectivity index (χ1v) is 10.1. The van der Waals surface area contributed by atoms with Gasteiger partial charge in [0, 0.05) is 36.0 Å². The molecule has 1 aromatic carbocycles. The fourth-order valence-electron chi connectivity index (χ4n) is 5.80. The van der Waals surface area contributed by atoms with Crippen molar-refractivity contribution >= 4 is 16.9 Å². The van der Waals surface area contributed by atoms with Crippen molar-refractivity contribution in [3.63, 3.8) is 0 Å². The van der Waals surface area contributed by atoms with Gasteiger partial charge in [0.25, 0.3) is 0 Å². The van der Waals surface area contributed by atoms with E-state index in [2.05, 4.69) is 25.7 Å². The second-order valence-corrected chi connectivity index (χ2v) is 9.91. The van der Waals surface area contributed by atoms with Crippen LogP contribution in [0.5, 0.6) is 5.75 Å². The molecule has 28 heavy (non-hydrogen) atoms. The van der Waals surface area contributed by atoms with E-state index in [0.29, 0.717) is 30.0 Å². The summed E-state index contributed by atoms with van der Waals surface area (Å²) in [6.07, 6.45) is 3.99. The van der Waals surface area contributed by atoms with Crippen molar-refractivity contribution in [2.24, 2.45) is 10.8 Å². The molecule has 0 spiro atoms. The molecule has 1 N–H and O–H groups in total. The molecule has 2 heterocycles. The van der Waals surface area contributed by atoms with E-state index in [4.69, 9.17) is 4.42 Å². The van der Waals surface area contributed by atoms with Gasteiger partial charge in [0.1, 0.15) is 11.3 Å². The second kappa shape index (κ2) is 6.36. The molecule has 0 radical (unpaired) electrons. The number of hydrogen-bond acceptors (Lipinski definition) is 4. The predicted molar refractivity (Wildman–Crippen MR) is 108 cm³/mol. The molecule has 150 valence electrons. The van der Waals surface area contributed by atoms with Crippen molar-refractivity contribution in [3.8, 4) is 5.75 Å². The molecule has 5 nitrogen and oxygen atoms in total. The fraction of sp³-hybridized carbons (Fsp3) is 0.565. The number of hydrogen-bond donors (Lipinski definition) is 1. The van der Waals surface area contributed by atoms with Crippen molar-refractivity contribution in [2.75, 3.05) is 6.54 Å². The fourth-order valence-corrected chi connectivity index (χ4v) is 5.80. The highest BCUT2D eigenvalue weighted by atomic mass is 16.4. The first kappa shape index (κ1) is 19.0. The molecule has 2 aliphatic rings. The number of phenols is 1. The highest BCUT2D eigenvalue weighted by molar-refractivity contribution is 5.82. The lowest BCUT2D eigenvalue weighted by atomic mass is 9.65. The third-order valence-electron chi connectivity index (χ3n) is 6.59. The smallest absolute Gasteiger partial charge is 0.339 e. The number of amides is 1. The summed E-state index contributed by atoms with van der Waals surface area (Å²) < 4.78 is 5.38. The maximum atomic E-state index is 13.0. The summed E-state index contributed by atoms with van der Waals surface area (Å²) in [6.45, 7) is 9.60. The van der Waals surface area contributed by atoms with Crippen LogP contribution in [0.1, 0.15) is 57.6 Å². The second-order valence-electron chi connectivity index (χ2n) is 9.91. The van der Waals surface area contributed by atoms with Crippen LogP contribution in [0.15, 0.2) is 27.4 Å². The van der Waals surface area contributed by atoms with Crippen LogP contribution in [0, 0.1) is 17.8 Å². The number of nitrogens with zero attached hydrogens (tertiary/aromatic N) is 1. The van der Waals surface area contributed by atoms with E-state index in [9.17, 15) is 14.7 Å². The molecule has 2 bridgehead atoms. The van der Waals surface area contributed by atoms with Crippen molar-refractivity contribution in [3.05, 3.63) is 39.7 Å². The molecular formula is C23H29NO4. The number of phenolic OH excluding ortho intramolecular Hbond substituents is 1. The van der Waals surface area contributed by atoms with Gasteiger partial charge in [0.2, 0.25) is 5.91 Å². The quantitative estimate of drug-likeness (QED) is 0.808. The first-order valence-electron chi connectivity index (χ1n) is 10.1. The summed E-state index contributed by atoms with van der Waals surface area (Å²) in [5.74, 6) is 0.200. The molecule has 1 aromatic heterocycles. The highest BCUT2D eigenvalue weighted by Gasteiger charge is 2.50. The van der Waals surface area contributed by atoms with Crippen LogP contribution >= 0.6 is 0 Å². The Labute approximate surface area is 165 Å². The number of aromatic hydroxyl groups is 1. The Morgan fingerprint density at radius 3 is 2.79 bits per heavy atom. The molecule has 2 aromatic rings. The third-order valence-corrected chi connectivity index (χ3v) is 6.59. The molecule has 5 heteroatoms. The minimum Gasteiger partial charge on any atom is -0.508 e. The zero-order valence-electron chi connectivity index (χ0n) is 17.2. The molecule has 2 atom stereocenters. The van der Waals surface area contributed by atoms with E-state index < -0.39 is 5.63 Å². The van der Waals surface area contributed by atoms with Crippen molar-refractivity contribution in [2.45, 2.75) is 65.8 Å². The first-order chi connectivity index (χ1) is 13.1. The van der Waals surface area contributed by atoms with Gasteiger partial charge in [-0.3, -0.25) is 4.79 Å². The highest BCUT2D eigenvalue weighted by Crippen LogP contribution is 2.52. The SMILES string of the molecule is Cc1c(CCC(=O)N2C[C@@]3(C)C[C@@H]2CC(C)(C)C3)c(=O)oc2cc(O)ccc12. The summed E-state index contributed by atoms with van der Waals surface area (Å²) in [7, 11) is 0. The van der Waals surface area contributed by atoms with Crippen LogP contribution in [-0.2, 0) is 11.2 Å². The van der Waals surface area contributed by atoms with E-state index in [-0.39, 0.29) is 22.5 Å². The molecule has 1 amide bonds. The number of likely N-dealkylation sites (tertiary alicyclic amines) is 1. The number of benzene rings is 1. The van der Waals surface area contributed by atoms with Crippen molar-refractivity contribution < 1.29 is 14.3 Å². The maximum absolute atomic E-state index is 13.0. The average Bonchev–Trinajstić information content (AvgIpc) is 2.83. The van der Waals surface area contributed by atoms with Crippen molar-refractivity contribution in [1.29, 1.82) is 0 Å². The number of aryl methyl sites for hydroxylation is 1. The number of rotatable bonds is 3. The molecule has 1 saturated carbocycles. The van der Waals surface area contributed by atoms with Gasteiger partial charge in [-0.25, -0.2) is 4.79 Å². The number of carbonyl (C=O) groups is 1. The Bertz CT molecular complexity index is 1010. The van der Waals surface area contributed by atoms with Gasteiger partial charge < -0.3 is 14.4 Å². The lowest BCUT2D eigenvalue weighted by Gasteiger charge is -2.39. The average molecular weight is 383 g/mol. The van der Waals surface area contributed by atoms with Crippen LogP contribution in [-0.4, -0.2) is 28.5 Å². The van der Waals surface area contributed by atoms with Gasteiger partial charge in [0.05, 0.1) is 0 Å². The van der Waals surface area contributed by atoms with Gasteiger partial charge in [-0.15, -0.1) is 0 Å². The van der Waals surface area contributed by atoms with E-state index in [1.54, 1.807) is 12.1 Å². The summed E-state index contributed by atoms with van der Waals surface area (Å²) >= 11 is 0. The monoisotopic (exact) mass is 383 g/mol. The number of fused-ring (bicyclic) bond motifs is 3. The minimum absolute atomic E-state index is 0.0644. The van der Waals surface area contributed by atoms with Gasteiger partial charge in [-0.2, -0.15) is 0 Å². The maximum Gasteiger partial charge on any atom is 0.339 e. The van der Waals surface area contributed by atoms with E-state index in [1.807, 2.05) is 6.92 Å². The molecule has 1 saturated heterocycles. The zero-order chi connectivity index (χ0) is 20.3. The Balaban J connectivity index is 1.53. The van der Waals surface area contributed by atoms with E-state index >= 15 is 0 Å². The summed E-state index contributed by atoms with van der Waals surface area (Å²) in [4.78, 5) is 27.5. The predicted octanol–water partition coefficient (Wildman–Crippen LogP) is 4.17. The largest absolute Gasteiger partial charge is 0.508 e. The summed E-state index contributed by atoms with van der Waals surface area (Å²) in [5.41, 5.74) is 1.82. The molecular weight excluding hydrogens is 354 g/mol. The van der Waals surface area contributed by atoms with E-state index in [1.165, 1.54) is 6.07 Å². The molecule has 2 fully saturated rings. The third kappa shape index (κ3) is 3.31. The normalized spacial score (nSPS) is 26.0. The van der Waals surface area contributed by atoms with Crippen LogP contribution in [0.25, 0.3) is 11.0 Å². The molecule has 0 unspecified atom stereocenters. The Hall–Kier alpha value is -2.30. The minimum atomic E-state index is -0.420. The zero-order valence-corrected chi connectivity index (χ0v) is 17.2. The Morgan fingerprint density at radius 2 is 2.04 bits per heavy atom. The summed E-state index contributed by atoms with van der Waals surface area (Å²) in [5, 5.41) is 10.4. The van der Waals surface area contributed by atoms with Crippen LogP contribution in [0.4, 0.5) is 0 Å². The standard InChI is InChI=1S/C23H29NO4/c1-14-17-6-5-16(25)9-19(17)28-21(27)18(14)7-8-20(26)24-13-23(4)11-15(24)10-22(2,3)12-23/h5-6,9,15,25H,7-8,10-13H2,1-4H3/t15-,23-/m0/s1. The van der Waals surface area contributed by atoms with Crippen LogP contribution in [0.3, 0.4) is 0 Å². The van der Waals surface area contributed by atoms with Crippen molar-refractivity contribution in [1.82, 2.24) is 4.90 Å². The molecule has 1 aliphatic heterocycles. The Morgan fingerprint density at radius 1 is 1.29 bits per heavy atom.